The zero-order valence-electron chi connectivity index (χ0n) is 7.42. The largest absolute Gasteiger partial charge is 0.399 e. The van der Waals surface area contributed by atoms with E-state index < -0.39 is 0 Å². The van der Waals surface area contributed by atoms with Gasteiger partial charge in [0, 0.05) is 12.7 Å². The number of nitrogens with zero attached hydrogens (tertiary/aromatic N) is 1. The monoisotopic (exact) mass is 194 g/mol. The molecule has 13 heavy (non-hydrogen) atoms. The molecule has 3 heteroatoms. The minimum absolute atomic E-state index is 0.531. The molecule has 0 heterocycles. The molecule has 68 valence electrons. The van der Waals surface area contributed by atoms with Crippen LogP contribution in [-0.2, 0) is 0 Å². The van der Waals surface area contributed by atoms with Gasteiger partial charge in [-0.25, -0.2) is 0 Å². The number of nitrogens with two attached hydrogens (primary N) is 1. The van der Waals surface area contributed by atoms with Crippen LogP contribution in [0.25, 0.3) is 0 Å². The second kappa shape index (κ2) is 4.06. The molecule has 1 rings (SSSR count). The highest BCUT2D eigenvalue weighted by Crippen LogP contribution is 2.26. The van der Waals surface area contributed by atoms with Crippen molar-refractivity contribution in [3.8, 4) is 12.3 Å². The number of halogens is 1. The molecule has 0 unspecified atom stereocenters. The summed E-state index contributed by atoms with van der Waals surface area (Å²) in [5, 5.41) is 0.623. The number of benzene rings is 1. The van der Waals surface area contributed by atoms with Crippen molar-refractivity contribution in [2.45, 2.75) is 0 Å². The molecule has 0 radical (unpaired) electrons. The van der Waals surface area contributed by atoms with Crippen molar-refractivity contribution in [2.24, 2.45) is 0 Å². The fraction of sp³-hybridized carbons (Fsp3) is 0.200. The predicted octanol–water partition coefficient (Wildman–Crippen LogP) is 1.99. The minimum atomic E-state index is 0.531. The molecule has 1 aromatic carbocycles. The van der Waals surface area contributed by atoms with Crippen LogP contribution in [0.5, 0.6) is 0 Å². The van der Waals surface area contributed by atoms with Crippen LogP contribution in [0.3, 0.4) is 0 Å². The fourth-order valence-electron chi connectivity index (χ4n) is 1.05. The lowest BCUT2D eigenvalue weighted by atomic mass is 10.2. The van der Waals surface area contributed by atoms with E-state index in [9.17, 15) is 0 Å². The maximum absolute atomic E-state index is 5.97. The third kappa shape index (κ3) is 2.30. The number of hydrogen-bond donors (Lipinski definition) is 1. The highest BCUT2D eigenvalue weighted by molar-refractivity contribution is 6.33. The number of rotatable bonds is 2. The van der Waals surface area contributed by atoms with Crippen molar-refractivity contribution >= 4 is 23.0 Å². The van der Waals surface area contributed by atoms with E-state index in [1.165, 1.54) is 0 Å². The van der Waals surface area contributed by atoms with Crippen LogP contribution >= 0.6 is 11.6 Å². The molecule has 0 bridgehead atoms. The normalized spacial score (nSPS) is 9.31. The third-order valence-corrected chi connectivity index (χ3v) is 2.01. The van der Waals surface area contributed by atoms with Gasteiger partial charge in [-0.05, 0) is 18.2 Å². The second-order valence-electron chi connectivity index (χ2n) is 2.77. The summed E-state index contributed by atoms with van der Waals surface area (Å²) in [5.41, 5.74) is 7.11. The van der Waals surface area contributed by atoms with E-state index in [0.717, 1.165) is 5.69 Å². The quantitative estimate of drug-likeness (QED) is 0.577. The van der Waals surface area contributed by atoms with Crippen molar-refractivity contribution in [3.05, 3.63) is 23.2 Å². The van der Waals surface area contributed by atoms with Gasteiger partial charge in [0.1, 0.15) is 0 Å². The lowest BCUT2D eigenvalue weighted by molar-refractivity contribution is 1.05. The van der Waals surface area contributed by atoms with E-state index in [1.54, 1.807) is 12.1 Å². The van der Waals surface area contributed by atoms with Crippen LogP contribution < -0.4 is 10.6 Å². The number of nitrogen functional groups attached to an aromatic ring is 1. The summed E-state index contributed by atoms with van der Waals surface area (Å²) >= 11 is 5.97. The van der Waals surface area contributed by atoms with Gasteiger partial charge in [0.15, 0.2) is 0 Å². The molecule has 2 N–H and O–H groups in total. The zero-order valence-corrected chi connectivity index (χ0v) is 8.17. The van der Waals surface area contributed by atoms with Gasteiger partial charge < -0.3 is 10.6 Å². The van der Waals surface area contributed by atoms with Crippen molar-refractivity contribution in [1.29, 1.82) is 0 Å². The standard InChI is InChI=1S/C10H11ClN2/c1-3-6-13(2)10-5-4-8(12)7-9(10)11/h1,4-5,7H,6,12H2,2H3. The Balaban J connectivity index is 2.96. The number of hydrogen-bond acceptors (Lipinski definition) is 2. The fourth-order valence-corrected chi connectivity index (χ4v) is 1.39. The summed E-state index contributed by atoms with van der Waals surface area (Å²) in [6, 6.07) is 5.37. The molecule has 0 amide bonds. The average molecular weight is 195 g/mol. The molecule has 2 nitrogen and oxygen atoms in total. The summed E-state index contributed by atoms with van der Waals surface area (Å²) < 4.78 is 0. The Morgan fingerprint density at radius 3 is 2.85 bits per heavy atom. The Morgan fingerprint density at radius 1 is 1.62 bits per heavy atom. The first-order chi connectivity index (χ1) is 6.15. The van der Waals surface area contributed by atoms with Crippen molar-refractivity contribution in [3.63, 3.8) is 0 Å². The Hall–Kier alpha value is -1.33. The summed E-state index contributed by atoms with van der Waals surface area (Å²) in [6.07, 6.45) is 5.19. The van der Waals surface area contributed by atoms with Crippen LogP contribution in [0, 0.1) is 12.3 Å². The molecule has 0 saturated heterocycles. The third-order valence-electron chi connectivity index (χ3n) is 1.71. The van der Waals surface area contributed by atoms with Gasteiger partial charge >= 0.3 is 0 Å². The van der Waals surface area contributed by atoms with E-state index >= 15 is 0 Å². The maximum atomic E-state index is 5.97. The number of terminal acetylenes is 1. The lowest BCUT2D eigenvalue weighted by Gasteiger charge is -2.17. The highest BCUT2D eigenvalue weighted by Gasteiger charge is 2.04. The molecule has 0 aliphatic rings. The van der Waals surface area contributed by atoms with Gasteiger partial charge in [-0.2, -0.15) is 0 Å². The predicted molar refractivity (Wildman–Crippen MR) is 58.0 cm³/mol. The van der Waals surface area contributed by atoms with Crippen molar-refractivity contribution in [1.82, 2.24) is 0 Å². The minimum Gasteiger partial charge on any atom is -0.399 e. The Bertz CT molecular complexity index is 341. The van der Waals surface area contributed by atoms with Crippen LogP contribution in [0.1, 0.15) is 0 Å². The van der Waals surface area contributed by atoms with Gasteiger partial charge in [0.05, 0.1) is 17.3 Å². The zero-order chi connectivity index (χ0) is 9.84. The molecular formula is C10H11ClN2. The molecule has 0 saturated carbocycles. The molecule has 0 aliphatic carbocycles. The van der Waals surface area contributed by atoms with Crippen LogP contribution in [0.2, 0.25) is 5.02 Å². The average Bonchev–Trinajstić information content (AvgIpc) is 2.04. The molecule has 0 fully saturated rings. The van der Waals surface area contributed by atoms with E-state index in [2.05, 4.69) is 5.92 Å². The lowest BCUT2D eigenvalue weighted by Crippen LogP contribution is -2.17. The second-order valence-corrected chi connectivity index (χ2v) is 3.18. The van der Waals surface area contributed by atoms with Gasteiger partial charge in [0.25, 0.3) is 0 Å². The van der Waals surface area contributed by atoms with Crippen LogP contribution in [-0.4, -0.2) is 13.6 Å². The van der Waals surface area contributed by atoms with Crippen LogP contribution in [0.4, 0.5) is 11.4 Å². The SMILES string of the molecule is C#CCN(C)c1ccc(N)cc1Cl. The van der Waals surface area contributed by atoms with Gasteiger partial charge in [-0.1, -0.05) is 17.5 Å². The van der Waals surface area contributed by atoms with Crippen LogP contribution in [0.15, 0.2) is 18.2 Å². The summed E-state index contributed by atoms with van der Waals surface area (Å²) in [6.45, 7) is 0.531. The molecule has 0 aromatic heterocycles. The van der Waals surface area contributed by atoms with Gasteiger partial charge in [0.2, 0.25) is 0 Å². The highest BCUT2D eigenvalue weighted by atomic mass is 35.5. The molecule has 1 aromatic rings. The molecular weight excluding hydrogens is 184 g/mol. The van der Waals surface area contributed by atoms with E-state index in [0.29, 0.717) is 17.3 Å². The first-order valence-electron chi connectivity index (χ1n) is 3.84. The first-order valence-corrected chi connectivity index (χ1v) is 4.22. The summed E-state index contributed by atoms with van der Waals surface area (Å²) in [4.78, 5) is 1.89. The maximum Gasteiger partial charge on any atom is 0.0788 e. The van der Waals surface area contributed by atoms with E-state index in [1.807, 2.05) is 18.0 Å². The van der Waals surface area contributed by atoms with Gasteiger partial charge in [-0.3, -0.25) is 0 Å². The van der Waals surface area contributed by atoms with Crippen molar-refractivity contribution < 1.29 is 0 Å². The summed E-state index contributed by atoms with van der Waals surface area (Å²) in [7, 11) is 1.89. The van der Waals surface area contributed by atoms with E-state index in [-0.39, 0.29) is 0 Å². The number of anilines is 2. The molecule has 0 atom stereocenters. The first kappa shape index (κ1) is 9.76. The molecule has 0 spiro atoms. The van der Waals surface area contributed by atoms with E-state index in [4.69, 9.17) is 23.8 Å². The smallest absolute Gasteiger partial charge is 0.0788 e. The molecule has 0 aliphatic heterocycles. The Labute approximate surface area is 83.3 Å². The van der Waals surface area contributed by atoms with Gasteiger partial charge in [-0.15, -0.1) is 6.42 Å². The van der Waals surface area contributed by atoms with Crippen molar-refractivity contribution in [2.75, 3.05) is 24.2 Å². The summed E-state index contributed by atoms with van der Waals surface area (Å²) in [5.74, 6) is 2.54. The Kier molecular flexibility index (Phi) is 3.05. The topological polar surface area (TPSA) is 29.3 Å². The Morgan fingerprint density at radius 2 is 2.31 bits per heavy atom.